The van der Waals surface area contributed by atoms with Crippen LogP contribution < -0.4 is 0 Å². The number of amides is 2. The van der Waals surface area contributed by atoms with E-state index in [2.05, 4.69) is 0 Å². The van der Waals surface area contributed by atoms with Crippen molar-refractivity contribution in [2.75, 3.05) is 37.7 Å². The topological polar surface area (TPSA) is 101 Å². The summed E-state index contributed by atoms with van der Waals surface area (Å²) in [5.41, 5.74) is 0. The second-order valence-corrected chi connectivity index (χ2v) is 10.0. The lowest BCUT2D eigenvalue weighted by Gasteiger charge is -2.30. The van der Waals surface area contributed by atoms with Crippen LogP contribution in [0.2, 0.25) is 0 Å². The molecule has 8 nitrogen and oxygen atoms in total. The van der Waals surface area contributed by atoms with Crippen LogP contribution in [0.4, 0.5) is 0 Å². The minimum absolute atomic E-state index is 0.0400. The number of carbonyl (C=O) groups is 3. The van der Waals surface area contributed by atoms with Crippen molar-refractivity contribution in [1.82, 2.24) is 9.80 Å². The monoisotopic (exact) mass is 402 g/mol. The Labute approximate surface area is 161 Å². The molecule has 154 valence electrons. The van der Waals surface area contributed by atoms with Gasteiger partial charge in [0.05, 0.1) is 11.5 Å². The van der Waals surface area contributed by atoms with Crippen molar-refractivity contribution in [3.05, 3.63) is 0 Å². The zero-order chi connectivity index (χ0) is 20.0. The predicted molar refractivity (Wildman–Crippen MR) is 99.6 cm³/mol. The molecule has 0 spiro atoms. The molecule has 1 unspecified atom stereocenters. The van der Waals surface area contributed by atoms with E-state index in [9.17, 15) is 22.8 Å². The summed E-state index contributed by atoms with van der Waals surface area (Å²) in [5, 5.41) is 0. The summed E-state index contributed by atoms with van der Waals surface area (Å²) in [6.07, 6.45) is 3.50. The van der Waals surface area contributed by atoms with E-state index in [1.807, 2.05) is 13.8 Å². The highest BCUT2D eigenvalue weighted by Crippen LogP contribution is 2.19. The first-order chi connectivity index (χ1) is 12.7. The summed E-state index contributed by atoms with van der Waals surface area (Å²) in [6.45, 7) is 4.27. The van der Waals surface area contributed by atoms with Crippen LogP contribution in [0, 0.1) is 5.92 Å². The second kappa shape index (κ2) is 9.52. The Bertz CT molecular complexity index is 661. The van der Waals surface area contributed by atoms with Crippen LogP contribution in [0.1, 0.15) is 46.0 Å². The Balaban J connectivity index is 1.88. The molecule has 0 aromatic rings. The normalized spacial score (nSPS) is 22.6. The van der Waals surface area contributed by atoms with Gasteiger partial charge in [0, 0.05) is 25.6 Å². The molecular formula is C18H30N2O6S. The number of rotatable bonds is 7. The lowest BCUT2D eigenvalue weighted by atomic mass is 10.1. The fraction of sp³-hybridized carbons (Fsp3) is 0.833. The summed E-state index contributed by atoms with van der Waals surface area (Å²) < 4.78 is 28.6. The number of esters is 1. The highest BCUT2D eigenvalue weighted by Gasteiger charge is 2.35. The standard InChI is InChI=1S/C18H30N2O6S/c1-14(2)10-20(15-7-9-27(24,25)13-15)17(22)12-26-18(23)11-19-8-5-3-4-6-16(19)21/h14-15H,3-13H2,1-2H3. The summed E-state index contributed by atoms with van der Waals surface area (Å²) in [7, 11) is -3.12. The molecule has 9 heteroatoms. The fourth-order valence-electron chi connectivity index (χ4n) is 3.50. The van der Waals surface area contributed by atoms with Gasteiger partial charge in [-0.3, -0.25) is 14.4 Å². The quantitative estimate of drug-likeness (QED) is 0.578. The first-order valence-electron chi connectivity index (χ1n) is 9.61. The molecule has 1 atom stereocenters. The summed E-state index contributed by atoms with van der Waals surface area (Å²) in [4.78, 5) is 39.6. The van der Waals surface area contributed by atoms with E-state index in [0.29, 0.717) is 25.9 Å². The van der Waals surface area contributed by atoms with Gasteiger partial charge in [-0.25, -0.2) is 8.42 Å². The van der Waals surface area contributed by atoms with Gasteiger partial charge in [-0.1, -0.05) is 20.3 Å². The molecule has 0 radical (unpaired) electrons. The number of sulfone groups is 1. The van der Waals surface area contributed by atoms with Crippen LogP contribution in [0.15, 0.2) is 0 Å². The van der Waals surface area contributed by atoms with Crippen molar-refractivity contribution in [2.24, 2.45) is 5.92 Å². The van der Waals surface area contributed by atoms with Crippen LogP contribution >= 0.6 is 0 Å². The number of likely N-dealkylation sites (tertiary alicyclic amines) is 1. The first kappa shape index (κ1) is 21.7. The Morgan fingerprint density at radius 3 is 2.63 bits per heavy atom. The first-order valence-corrected chi connectivity index (χ1v) is 11.4. The van der Waals surface area contributed by atoms with Gasteiger partial charge in [0.15, 0.2) is 16.4 Å². The molecule has 2 fully saturated rings. The molecule has 0 aliphatic carbocycles. The molecule has 0 saturated carbocycles. The lowest BCUT2D eigenvalue weighted by molar-refractivity contribution is -0.155. The Hall–Kier alpha value is -1.64. The molecular weight excluding hydrogens is 372 g/mol. The smallest absolute Gasteiger partial charge is 0.326 e. The van der Waals surface area contributed by atoms with Crippen LogP contribution in [0.3, 0.4) is 0 Å². The molecule has 2 saturated heterocycles. The van der Waals surface area contributed by atoms with Crippen molar-refractivity contribution in [3.63, 3.8) is 0 Å². The van der Waals surface area contributed by atoms with Gasteiger partial charge < -0.3 is 14.5 Å². The van der Waals surface area contributed by atoms with Crippen LogP contribution in [0.25, 0.3) is 0 Å². The van der Waals surface area contributed by atoms with Crippen molar-refractivity contribution in [3.8, 4) is 0 Å². The average molecular weight is 403 g/mol. The van der Waals surface area contributed by atoms with E-state index in [4.69, 9.17) is 4.74 Å². The van der Waals surface area contributed by atoms with Gasteiger partial charge in [0.25, 0.3) is 5.91 Å². The molecule has 0 N–H and O–H groups in total. The third kappa shape index (κ3) is 6.79. The molecule has 2 heterocycles. The van der Waals surface area contributed by atoms with E-state index >= 15 is 0 Å². The van der Waals surface area contributed by atoms with Gasteiger partial charge >= 0.3 is 5.97 Å². The molecule has 2 amide bonds. The molecule has 0 aromatic carbocycles. The zero-order valence-electron chi connectivity index (χ0n) is 16.2. The maximum atomic E-state index is 12.6. The van der Waals surface area contributed by atoms with Crippen LogP contribution in [0.5, 0.6) is 0 Å². The predicted octanol–water partition coefficient (Wildman–Crippen LogP) is 0.604. The van der Waals surface area contributed by atoms with E-state index in [1.165, 1.54) is 9.80 Å². The minimum atomic E-state index is -3.12. The maximum Gasteiger partial charge on any atom is 0.326 e. The van der Waals surface area contributed by atoms with Gasteiger partial charge in [0.1, 0.15) is 6.54 Å². The SMILES string of the molecule is CC(C)CN(C(=O)COC(=O)CN1CCCCCC1=O)C1CCS(=O)(=O)C1. The van der Waals surface area contributed by atoms with Gasteiger partial charge in [-0.05, 0) is 25.2 Å². The molecule has 27 heavy (non-hydrogen) atoms. The fourth-order valence-corrected chi connectivity index (χ4v) is 5.23. The minimum Gasteiger partial charge on any atom is -0.454 e. The van der Waals surface area contributed by atoms with Gasteiger partial charge in [-0.2, -0.15) is 0 Å². The lowest BCUT2D eigenvalue weighted by Crippen LogP contribution is -2.45. The molecule has 2 aliphatic heterocycles. The number of hydrogen-bond donors (Lipinski definition) is 0. The van der Waals surface area contributed by atoms with Crippen molar-refractivity contribution in [1.29, 1.82) is 0 Å². The maximum absolute atomic E-state index is 12.6. The average Bonchev–Trinajstić information content (AvgIpc) is 2.82. The summed E-state index contributed by atoms with van der Waals surface area (Å²) in [5.74, 6) is -0.850. The van der Waals surface area contributed by atoms with E-state index < -0.39 is 22.4 Å². The summed E-state index contributed by atoms with van der Waals surface area (Å²) >= 11 is 0. The number of carbonyl (C=O) groups excluding carboxylic acids is 3. The van der Waals surface area contributed by atoms with Crippen molar-refractivity contribution < 1.29 is 27.5 Å². The Kier molecular flexibility index (Phi) is 7.64. The van der Waals surface area contributed by atoms with E-state index in [-0.39, 0.29) is 41.8 Å². The number of hydrogen-bond acceptors (Lipinski definition) is 6. The van der Waals surface area contributed by atoms with Crippen molar-refractivity contribution >= 4 is 27.6 Å². The van der Waals surface area contributed by atoms with E-state index in [0.717, 1.165) is 19.3 Å². The van der Waals surface area contributed by atoms with Crippen LogP contribution in [-0.4, -0.2) is 79.8 Å². The van der Waals surface area contributed by atoms with Crippen LogP contribution in [-0.2, 0) is 29.0 Å². The zero-order valence-corrected chi connectivity index (χ0v) is 17.0. The Morgan fingerprint density at radius 2 is 2.00 bits per heavy atom. The molecule has 2 aliphatic rings. The highest BCUT2D eigenvalue weighted by molar-refractivity contribution is 7.91. The second-order valence-electron chi connectivity index (χ2n) is 7.78. The molecule has 0 aromatic heterocycles. The van der Waals surface area contributed by atoms with E-state index in [1.54, 1.807) is 0 Å². The molecule has 0 bridgehead atoms. The third-order valence-electron chi connectivity index (χ3n) is 4.88. The molecule has 2 rings (SSSR count). The largest absolute Gasteiger partial charge is 0.454 e. The van der Waals surface area contributed by atoms with Gasteiger partial charge in [0.2, 0.25) is 5.91 Å². The Morgan fingerprint density at radius 1 is 1.26 bits per heavy atom. The summed E-state index contributed by atoms with van der Waals surface area (Å²) in [6, 6.07) is -0.365. The third-order valence-corrected chi connectivity index (χ3v) is 6.63. The van der Waals surface area contributed by atoms with Crippen molar-refractivity contribution in [2.45, 2.75) is 52.0 Å². The highest BCUT2D eigenvalue weighted by atomic mass is 32.2. The van der Waals surface area contributed by atoms with Gasteiger partial charge in [-0.15, -0.1) is 0 Å². The number of ether oxygens (including phenoxy) is 1. The number of nitrogens with zero attached hydrogens (tertiary/aromatic N) is 2.